The number of nitriles is 2. The van der Waals surface area contributed by atoms with E-state index in [2.05, 4.69) is 11.4 Å². The summed E-state index contributed by atoms with van der Waals surface area (Å²) < 4.78 is 17.3. The Morgan fingerprint density at radius 1 is 1.08 bits per heavy atom. The molecule has 182 valence electrons. The Bertz CT molecular complexity index is 1380. The molecule has 0 saturated carbocycles. The van der Waals surface area contributed by atoms with Crippen molar-refractivity contribution in [1.29, 1.82) is 10.5 Å². The fraction of sp³-hybridized carbons (Fsp3) is 0.185. The number of nitrogens with zero attached hydrogens (tertiary/aromatic N) is 3. The van der Waals surface area contributed by atoms with Gasteiger partial charge in [-0.25, -0.2) is 4.79 Å². The Morgan fingerprint density at radius 3 is 2.50 bits per heavy atom. The Morgan fingerprint density at radius 2 is 1.83 bits per heavy atom. The SMILES string of the molecule is COc1cc(/C=C/C(=O)OCC(=O)Nc2c(C#N)c(C)c(C)n2-c2ccccc2)ccc1OCC#N. The minimum atomic E-state index is -0.722. The van der Waals surface area contributed by atoms with Gasteiger partial charge in [-0.1, -0.05) is 24.3 Å². The number of amides is 1. The second-order valence-electron chi connectivity index (χ2n) is 7.56. The molecule has 36 heavy (non-hydrogen) atoms. The molecule has 0 saturated heterocycles. The van der Waals surface area contributed by atoms with Crippen LogP contribution in [0.5, 0.6) is 11.5 Å². The van der Waals surface area contributed by atoms with Crippen LogP contribution in [0.4, 0.5) is 5.82 Å². The largest absolute Gasteiger partial charge is 0.493 e. The predicted octanol–water partition coefficient (Wildman–Crippen LogP) is 4.07. The van der Waals surface area contributed by atoms with Gasteiger partial charge in [0.2, 0.25) is 0 Å². The second-order valence-corrected chi connectivity index (χ2v) is 7.56. The molecule has 9 nitrogen and oxygen atoms in total. The summed E-state index contributed by atoms with van der Waals surface area (Å²) in [7, 11) is 1.46. The molecule has 1 heterocycles. The lowest BCUT2D eigenvalue weighted by Crippen LogP contribution is -2.22. The lowest BCUT2D eigenvalue weighted by atomic mass is 10.2. The number of methoxy groups -OCH3 is 1. The number of hydrogen-bond acceptors (Lipinski definition) is 7. The quantitative estimate of drug-likeness (QED) is 0.358. The van der Waals surface area contributed by atoms with E-state index in [9.17, 15) is 14.9 Å². The van der Waals surface area contributed by atoms with Crippen LogP contribution < -0.4 is 14.8 Å². The molecule has 0 aliphatic heterocycles. The van der Waals surface area contributed by atoms with E-state index < -0.39 is 18.5 Å². The van der Waals surface area contributed by atoms with Crippen LogP contribution in [0.1, 0.15) is 22.4 Å². The van der Waals surface area contributed by atoms with E-state index >= 15 is 0 Å². The number of esters is 1. The van der Waals surface area contributed by atoms with Crippen LogP contribution >= 0.6 is 0 Å². The first-order valence-corrected chi connectivity index (χ1v) is 10.9. The number of anilines is 1. The van der Waals surface area contributed by atoms with E-state index in [1.165, 1.54) is 19.3 Å². The summed E-state index contributed by atoms with van der Waals surface area (Å²) in [5.74, 6) is -0.178. The number of rotatable bonds is 9. The van der Waals surface area contributed by atoms with Crippen molar-refractivity contribution in [3.63, 3.8) is 0 Å². The Hall–Kier alpha value is -5.02. The molecule has 1 aromatic heterocycles. The maximum Gasteiger partial charge on any atom is 0.331 e. The molecular formula is C27H24N4O5. The first-order chi connectivity index (χ1) is 17.4. The highest BCUT2D eigenvalue weighted by atomic mass is 16.5. The summed E-state index contributed by atoms with van der Waals surface area (Å²) >= 11 is 0. The van der Waals surface area contributed by atoms with E-state index in [1.807, 2.05) is 50.2 Å². The fourth-order valence-corrected chi connectivity index (χ4v) is 3.50. The van der Waals surface area contributed by atoms with Gasteiger partial charge in [0.05, 0.1) is 12.7 Å². The van der Waals surface area contributed by atoms with Crippen molar-refractivity contribution in [3.05, 3.63) is 77.0 Å². The molecule has 0 spiro atoms. The van der Waals surface area contributed by atoms with Crippen LogP contribution in [0.2, 0.25) is 0 Å². The third-order valence-corrected chi connectivity index (χ3v) is 5.33. The topological polar surface area (TPSA) is 126 Å². The normalized spacial score (nSPS) is 10.4. The first kappa shape index (κ1) is 25.6. The number of carbonyl (C=O) groups excluding carboxylic acids is 2. The van der Waals surface area contributed by atoms with Crippen molar-refractivity contribution in [2.45, 2.75) is 13.8 Å². The van der Waals surface area contributed by atoms with Crippen molar-refractivity contribution in [2.24, 2.45) is 0 Å². The number of hydrogen-bond donors (Lipinski definition) is 1. The second kappa shape index (κ2) is 11.9. The van der Waals surface area contributed by atoms with Gasteiger partial charge in [0, 0.05) is 17.5 Å². The molecule has 0 aliphatic rings. The Labute approximate surface area is 208 Å². The molecule has 0 unspecified atom stereocenters. The summed E-state index contributed by atoms with van der Waals surface area (Å²) in [6.07, 6.45) is 2.68. The molecule has 0 aliphatic carbocycles. The van der Waals surface area contributed by atoms with Crippen LogP contribution in [0.25, 0.3) is 11.8 Å². The number of ether oxygens (including phenoxy) is 3. The molecule has 2 aromatic carbocycles. The maximum absolute atomic E-state index is 12.6. The molecule has 1 N–H and O–H groups in total. The molecule has 3 aromatic rings. The monoisotopic (exact) mass is 484 g/mol. The van der Waals surface area contributed by atoms with E-state index in [1.54, 1.807) is 22.8 Å². The van der Waals surface area contributed by atoms with Crippen molar-refractivity contribution in [3.8, 4) is 29.3 Å². The van der Waals surface area contributed by atoms with Gasteiger partial charge in [-0.3, -0.25) is 9.36 Å². The Balaban J connectivity index is 1.67. The average molecular weight is 485 g/mol. The van der Waals surface area contributed by atoms with Crippen molar-refractivity contribution in [1.82, 2.24) is 4.57 Å². The molecule has 0 bridgehead atoms. The highest BCUT2D eigenvalue weighted by Crippen LogP contribution is 2.30. The van der Waals surface area contributed by atoms with Gasteiger partial charge in [-0.2, -0.15) is 10.5 Å². The zero-order valence-corrected chi connectivity index (χ0v) is 20.1. The molecular weight excluding hydrogens is 460 g/mol. The van der Waals surface area contributed by atoms with E-state index in [0.29, 0.717) is 28.4 Å². The third-order valence-electron chi connectivity index (χ3n) is 5.33. The van der Waals surface area contributed by atoms with Gasteiger partial charge in [-0.05, 0) is 55.3 Å². The fourth-order valence-electron chi connectivity index (χ4n) is 3.50. The van der Waals surface area contributed by atoms with Crippen LogP contribution in [-0.2, 0) is 14.3 Å². The van der Waals surface area contributed by atoms with Crippen LogP contribution in [0.15, 0.2) is 54.6 Å². The van der Waals surface area contributed by atoms with Crippen LogP contribution in [0.3, 0.4) is 0 Å². The third kappa shape index (κ3) is 5.91. The van der Waals surface area contributed by atoms with Crippen LogP contribution in [0, 0.1) is 36.5 Å². The van der Waals surface area contributed by atoms with Gasteiger partial charge in [0.1, 0.15) is 18.0 Å². The van der Waals surface area contributed by atoms with Gasteiger partial charge in [-0.15, -0.1) is 0 Å². The number of carbonyl (C=O) groups is 2. The summed E-state index contributed by atoms with van der Waals surface area (Å²) in [5, 5.41) is 21.0. The highest BCUT2D eigenvalue weighted by Gasteiger charge is 2.21. The highest BCUT2D eigenvalue weighted by molar-refractivity contribution is 5.95. The molecule has 9 heteroatoms. The molecule has 0 fully saturated rings. The molecule has 0 atom stereocenters. The first-order valence-electron chi connectivity index (χ1n) is 10.9. The summed E-state index contributed by atoms with van der Waals surface area (Å²) in [4.78, 5) is 24.7. The van der Waals surface area contributed by atoms with Crippen molar-refractivity contribution in [2.75, 3.05) is 25.6 Å². The van der Waals surface area contributed by atoms with Gasteiger partial charge < -0.3 is 19.5 Å². The number of benzene rings is 2. The minimum absolute atomic E-state index is 0.120. The van der Waals surface area contributed by atoms with E-state index in [-0.39, 0.29) is 6.61 Å². The standard InChI is InChI=1S/C27H24N4O5/c1-18-19(2)31(21-7-5-4-6-8-21)27(22(18)16-29)30-25(32)17-36-26(33)12-10-20-9-11-23(35-14-13-28)24(15-20)34-3/h4-12,15H,14,17H2,1-3H3,(H,30,32)/b12-10+. The number of para-hydroxylation sites is 1. The van der Waals surface area contributed by atoms with Gasteiger partial charge in [0.15, 0.2) is 24.7 Å². The van der Waals surface area contributed by atoms with Crippen molar-refractivity contribution >= 4 is 23.8 Å². The number of nitrogens with one attached hydrogen (secondary N) is 1. The molecule has 1 amide bonds. The summed E-state index contributed by atoms with van der Waals surface area (Å²) in [6, 6.07) is 18.3. The maximum atomic E-state index is 12.6. The number of aromatic nitrogens is 1. The average Bonchev–Trinajstić information content (AvgIpc) is 3.13. The zero-order valence-electron chi connectivity index (χ0n) is 20.1. The van der Waals surface area contributed by atoms with Gasteiger partial charge >= 0.3 is 5.97 Å². The minimum Gasteiger partial charge on any atom is -0.493 e. The summed E-state index contributed by atoms with van der Waals surface area (Å²) in [6.45, 7) is 3.02. The lowest BCUT2D eigenvalue weighted by Gasteiger charge is -2.13. The van der Waals surface area contributed by atoms with Gasteiger partial charge in [0.25, 0.3) is 5.91 Å². The van der Waals surface area contributed by atoms with E-state index in [0.717, 1.165) is 16.9 Å². The molecule has 3 rings (SSSR count). The zero-order chi connectivity index (χ0) is 26.1. The summed E-state index contributed by atoms with van der Waals surface area (Å²) in [5.41, 5.74) is 3.31. The lowest BCUT2D eigenvalue weighted by molar-refractivity contribution is -0.142. The van der Waals surface area contributed by atoms with E-state index in [4.69, 9.17) is 19.5 Å². The smallest absolute Gasteiger partial charge is 0.331 e. The van der Waals surface area contributed by atoms with Crippen molar-refractivity contribution < 1.29 is 23.8 Å². The molecule has 0 radical (unpaired) electrons. The van der Waals surface area contributed by atoms with Crippen LogP contribution in [-0.4, -0.2) is 36.8 Å². The predicted molar refractivity (Wildman–Crippen MR) is 133 cm³/mol. The Kier molecular flexibility index (Phi) is 8.47.